The van der Waals surface area contributed by atoms with Crippen LogP contribution in [-0.2, 0) is 0 Å². The van der Waals surface area contributed by atoms with Gasteiger partial charge in [-0.25, -0.2) is 9.97 Å². The molecule has 0 unspecified atom stereocenters. The van der Waals surface area contributed by atoms with Gasteiger partial charge >= 0.3 is 0 Å². The Labute approximate surface area is 123 Å². The summed E-state index contributed by atoms with van der Waals surface area (Å²) in [5, 5.41) is 19.4. The monoisotopic (exact) mass is 297 g/mol. The largest absolute Gasteiger partial charge is 0.506 e. The molecule has 0 aliphatic rings. The van der Waals surface area contributed by atoms with Gasteiger partial charge in [0.25, 0.3) is 0 Å². The number of halogens is 1. The Morgan fingerprint density at radius 3 is 2.90 bits per heavy atom. The molecule has 102 valence electrons. The highest BCUT2D eigenvalue weighted by Gasteiger charge is 2.17. The molecule has 4 aromatic rings. The third-order valence-corrected chi connectivity index (χ3v) is 3.71. The fourth-order valence-corrected chi connectivity index (χ4v) is 2.64. The number of phenols is 1. The van der Waals surface area contributed by atoms with E-state index in [0.29, 0.717) is 27.5 Å². The minimum absolute atomic E-state index is 0.0513. The maximum atomic E-state index is 10.3. The predicted molar refractivity (Wildman–Crippen MR) is 79.3 cm³/mol. The molecule has 2 N–H and O–H groups in total. The Balaban J connectivity index is 2.37. The van der Waals surface area contributed by atoms with Crippen LogP contribution in [0.25, 0.3) is 33.1 Å². The zero-order chi connectivity index (χ0) is 14.6. The van der Waals surface area contributed by atoms with Crippen LogP contribution in [0.1, 0.15) is 0 Å². The average molecular weight is 298 g/mol. The van der Waals surface area contributed by atoms with E-state index in [0.717, 1.165) is 0 Å². The van der Waals surface area contributed by atoms with Crippen LogP contribution in [0.3, 0.4) is 0 Å². The fourth-order valence-electron chi connectivity index (χ4n) is 2.41. The van der Waals surface area contributed by atoms with Gasteiger partial charge in [-0.2, -0.15) is 0 Å². The summed E-state index contributed by atoms with van der Waals surface area (Å²) >= 11 is 6.19. The number of benzene rings is 2. The smallest absolute Gasteiger partial charge is 0.196 e. The molecular formula is C15H8ClN3O2. The van der Waals surface area contributed by atoms with E-state index in [2.05, 4.69) is 9.97 Å². The standard InChI is InChI=1S/C15H8ClN3O2/c16-11-13(20)10-7(3-1-4-8(10)17)12-14(11)21-9-5-2-6-18-15(9)19-12/h1-6,17,20H. The zero-order valence-electron chi connectivity index (χ0n) is 10.6. The van der Waals surface area contributed by atoms with Crippen molar-refractivity contribution in [3.05, 3.63) is 46.9 Å². The second-order valence-corrected chi connectivity index (χ2v) is 4.99. The number of rotatable bonds is 0. The molecule has 0 atom stereocenters. The Hall–Kier alpha value is -2.66. The summed E-state index contributed by atoms with van der Waals surface area (Å²) in [6, 6.07) is 8.54. The van der Waals surface area contributed by atoms with Gasteiger partial charge in [-0.15, -0.1) is 0 Å². The van der Waals surface area contributed by atoms with E-state index in [1.807, 2.05) is 0 Å². The number of hydrogen-bond acceptors (Lipinski definition) is 5. The SMILES string of the molecule is N=c1cccc2c1c(O)c(Cl)c1oc3cccnc3nc12. The average Bonchev–Trinajstić information content (AvgIpc) is 2.51. The summed E-state index contributed by atoms with van der Waals surface area (Å²) in [4.78, 5) is 8.62. The van der Waals surface area contributed by atoms with Crippen molar-refractivity contribution < 1.29 is 9.52 Å². The van der Waals surface area contributed by atoms with E-state index < -0.39 is 0 Å². The maximum absolute atomic E-state index is 10.3. The van der Waals surface area contributed by atoms with Crippen LogP contribution in [-0.4, -0.2) is 15.1 Å². The lowest BCUT2D eigenvalue weighted by Crippen LogP contribution is -2.00. The molecule has 0 saturated heterocycles. The van der Waals surface area contributed by atoms with Gasteiger partial charge in [0.05, 0.1) is 10.7 Å². The Morgan fingerprint density at radius 1 is 1.19 bits per heavy atom. The summed E-state index contributed by atoms with van der Waals surface area (Å²) < 4.78 is 5.73. The van der Waals surface area contributed by atoms with Gasteiger partial charge in [0.2, 0.25) is 0 Å². The highest BCUT2D eigenvalue weighted by molar-refractivity contribution is 6.38. The van der Waals surface area contributed by atoms with Crippen LogP contribution in [0.2, 0.25) is 5.02 Å². The van der Waals surface area contributed by atoms with Gasteiger partial charge in [0.15, 0.2) is 16.8 Å². The fraction of sp³-hybridized carbons (Fsp3) is 0. The van der Waals surface area contributed by atoms with Crippen molar-refractivity contribution in [1.29, 1.82) is 5.41 Å². The minimum Gasteiger partial charge on any atom is -0.506 e. The summed E-state index contributed by atoms with van der Waals surface area (Å²) in [6.07, 6.45) is 1.62. The van der Waals surface area contributed by atoms with E-state index in [-0.39, 0.29) is 21.7 Å². The van der Waals surface area contributed by atoms with E-state index in [9.17, 15) is 5.11 Å². The van der Waals surface area contributed by atoms with Gasteiger partial charge in [-0.05, 0) is 18.2 Å². The number of nitrogens with zero attached hydrogens (tertiary/aromatic N) is 2. The molecule has 0 fully saturated rings. The normalized spacial score (nSPS) is 11.5. The zero-order valence-corrected chi connectivity index (χ0v) is 11.3. The molecule has 4 rings (SSSR count). The van der Waals surface area contributed by atoms with Crippen molar-refractivity contribution in [2.75, 3.05) is 0 Å². The predicted octanol–water partition coefficient (Wildman–Crippen LogP) is 3.37. The third-order valence-electron chi connectivity index (χ3n) is 3.36. The first-order valence-corrected chi connectivity index (χ1v) is 6.58. The molecule has 0 aliphatic heterocycles. The Morgan fingerprint density at radius 2 is 2.05 bits per heavy atom. The van der Waals surface area contributed by atoms with E-state index >= 15 is 0 Å². The first-order valence-electron chi connectivity index (χ1n) is 6.20. The number of phenolic OH excluding ortho intramolecular Hbond substituents is 1. The summed E-state index contributed by atoms with van der Waals surface area (Å²) in [7, 11) is 0. The number of nitrogens with one attached hydrogen (secondary N) is 1. The highest BCUT2D eigenvalue weighted by atomic mass is 35.5. The summed E-state index contributed by atoms with van der Waals surface area (Å²) in [5.41, 5.74) is 1.69. The van der Waals surface area contributed by atoms with Crippen molar-refractivity contribution >= 4 is 44.7 Å². The summed E-state index contributed by atoms with van der Waals surface area (Å²) in [6.45, 7) is 0. The molecule has 2 aromatic heterocycles. The van der Waals surface area contributed by atoms with Gasteiger partial charge < -0.3 is 14.9 Å². The first kappa shape index (κ1) is 12.1. The molecule has 5 nitrogen and oxygen atoms in total. The minimum atomic E-state index is -0.168. The number of fused-ring (bicyclic) bond motifs is 4. The van der Waals surface area contributed by atoms with Crippen molar-refractivity contribution in [3.8, 4) is 5.75 Å². The Bertz CT molecular complexity index is 1090. The lowest BCUT2D eigenvalue weighted by molar-refractivity contribution is 0.480. The molecular weight excluding hydrogens is 290 g/mol. The van der Waals surface area contributed by atoms with Gasteiger partial charge in [-0.1, -0.05) is 23.7 Å². The number of hydrogen-bond donors (Lipinski definition) is 2. The van der Waals surface area contributed by atoms with Crippen LogP contribution in [0.15, 0.2) is 40.9 Å². The van der Waals surface area contributed by atoms with Gasteiger partial charge in [0.1, 0.15) is 16.3 Å². The van der Waals surface area contributed by atoms with Crippen LogP contribution < -0.4 is 5.36 Å². The molecule has 0 aliphatic carbocycles. The van der Waals surface area contributed by atoms with Crippen molar-refractivity contribution in [3.63, 3.8) is 0 Å². The molecule has 0 amide bonds. The van der Waals surface area contributed by atoms with Crippen LogP contribution >= 0.6 is 11.6 Å². The molecule has 2 heterocycles. The quantitative estimate of drug-likeness (QED) is 0.385. The molecule has 0 bridgehead atoms. The number of pyridine rings is 1. The van der Waals surface area contributed by atoms with E-state index in [1.165, 1.54) is 0 Å². The molecule has 6 heteroatoms. The molecule has 0 spiro atoms. The third kappa shape index (κ3) is 1.61. The second-order valence-electron chi connectivity index (χ2n) is 4.61. The first-order chi connectivity index (χ1) is 10.2. The van der Waals surface area contributed by atoms with E-state index in [1.54, 1.807) is 36.5 Å². The van der Waals surface area contributed by atoms with Crippen molar-refractivity contribution in [2.45, 2.75) is 0 Å². The lowest BCUT2D eigenvalue weighted by Gasteiger charge is -2.08. The van der Waals surface area contributed by atoms with Crippen LogP contribution in [0.5, 0.6) is 5.75 Å². The van der Waals surface area contributed by atoms with Crippen molar-refractivity contribution in [2.24, 2.45) is 0 Å². The summed E-state index contributed by atoms with van der Waals surface area (Å²) in [5.74, 6) is -0.168. The molecule has 21 heavy (non-hydrogen) atoms. The highest BCUT2D eigenvalue weighted by Crippen LogP contribution is 2.39. The maximum Gasteiger partial charge on any atom is 0.196 e. The lowest BCUT2D eigenvalue weighted by atomic mass is 10.1. The Kier molecular flexibility index (Phi) is 2.40. The number of aromatic nitrogens is 2. The van der Waals surface area contributed by atoms with Crippen LogP contribution in [0.4, 0.5) is 0 Å². The van der Waals surface area contributed by atoms with Crippen molar-refractivity contribution in [1.82, 2.24) is 9.97 Å². The topological polar surface area (TPSA) is 83.0 Å². The van der Waals surface area contributed by atoms with Gasteiger partial charge in [-0.3, -0.25) is 0 Å². The molecule has 0 saturated carbocycles. The second kappa shape index (κ2) is 4.17. The molecule has 0 radical (unpaired) electrons. The van der Waals surface area contributed by atoms with Crippen LogP contribution in [0, 0.1) is 5.41 Å². The van der Waals surface area contributed by atoms with E-state index in [4.69, 9.17) is 21.4 Å². The van der Waals surface area contributed by atoms with Gasteiger partial charge in [0, 0.05) is 11.6 Å². The number of aromatic hydroxyl groups is 1. The molecule has 2 aromatic carbocycles.